The zero-order chi connectivity index (χ0) is 18.4. The molecule has 0 aliphatic rings. The Morgan fingerprint density at radius 2 is 1.84 bits per heavy atom. The lowest BCUT2D eigenvalue weighted by Gasteiger charge is -2.08. The first-order valence-electron chi connectivity index (χ1n) is 6.96. The first-order chi connectivity index (χ1) is 11.7. The van der Waals surface area contributed by atoms with Crippen LogP contribution >= 0.6 is 11.3 Å². The fourth-order valence-corrected chi connectivity index (χ4v) is 4.69. The van der Waals surface area contributed by atoms with Crippen molar-refractivity contribution >= 4 is 32.0 Å². The van der Waals surface area contributed by atoms with Crippen molar-refractivity contribution in [1.29, 1.82) is 0 Å². The minimum atomic E-state index is -3.98. The highest BCUT2D eigenvalue weighted by Crippen LogP contribution is 2.21. The third-order valence-electron chi connectivity index (χ3n) is 3.51. The summed E-state index contributed by atoms with van der Waals surface area (Å²) in [6.07, 6.45) is 1.88. The van der Waals surface area contributed by atoms with Gasteiger partial charge in [-0.15, -0.1) is 11.3 Å². The third-order valence-corrected chi connectivity index (χ3v) is 5.84. The molecule has 0 amide bonds. The number of sulfone groups is 1. The van der Waals surface area contributed by atoms with Crippen LogP contribution in [0.1, 0.15) is 15.2 Å². The number of aromatic carboxylic acids is 1. The molecule has 0 bridgehead atoms. The van der Waals surface area contributed by atoms with Gasteiger partial charge in [0.1, 0.15) is 9.71 Å². The van der Waals surface area contributed by atoms with Crippen molar-refractivity contribution in [3.8, 4) is 0 Å². The molecular weight excluding hydrogens is 368 g/mol. The van der Waals surface area contributed by atoms with Gasteiger partial charge in [0.2, 0.25) is 0 Å². The van der Waals surface area contributed by atoms with Crippen molar-refractivity contribution in [2.24, 2.45) is 0 Å². The summed E-state index contributed by atoms with van der Waals surface area (Å²) in [5.74, 6) is -1.31. The van der Waals surface area contributed by atoms with Gasteiger partial charge < -0.3 is 5.11 Å². The zero-order valence-corrected chi connectivity index (χ0v) is 14.5. The van der Waals surface area contributed by atoms with Crippen LogP contribution in [0.4, 0.5) is 0 Å². The van der Waals surface area contributed by atoms with Gasteiger partial charge in [0.05, 0.1) is 6.54 Å². The second-order valence-electron chi connectivity index (χ2n) is 5.34. The SMILES string of the molecule is CS(=O)(=O)c1c(=O)n(Cc2ccccc2)c(=O)n2cc(C(=O)O)sc12. The maximum Gasteiger partial charge on any atom is 0.347 e. The minimum Gasteiger partial charge on any atom is -0.477 e. The maximum absolute atomic E-state index is 12.7. The molecule has 3 aromatic rings. The van der Waals surface area contributed by atoms with Crippen molar-refractivity contribution in [2.75, 3.05) is 6.26 Å². The monoisotopic (exact) mass is 380 g/mol. The van der Waals surface area contributed by atoms with E-state index in [9.17, 15) is 22.8 Å². The summed E-state index contributed by atoms with van der Waals surface area (Å²) in [6.45, 7) is -0.123. The lowest BCUT2D eigenvalue weighted by atomic mass is 10.2. The largest absolute Gasteiger partial charge is 0.477 e. The van der Waals surface area contributed by atoms with Crippen molar-refractivity contribution in [3.63, 3.8) is 0 Å². The second kappa shape index (κ2) is 5.97. The van der Waals surface area contributed by atoms with Crippen LogP contribution in [0, 0.1) is 0 Å². The van der Waals surface area contributed by atoms with E-state index >= 15 is 0 Å². The predicted molar refractivity (Wildman–Crippen MR) is 91.4 cm³/mol. The Labute approximate surface area is 145 Å². The van der Waals surface area contributed by atoms with Crippen molar-refractivity contribution in [1.82, 2.24) is 8.97 Å². The molecule has 0 aliphatic heterocycles. The molecule has 130 valence electrons. The number of carboxylic acid groups (broad SMARTS) is 1. The summed E-state index contributed by atoms with van der Waals surface area (Å²) >= 11 is 0.573. The number of aromatic nitrogens is 2. The molecule has 3 rings (SSSR count). The Bertz CT molecular complexity index is 1200. The lowest BCUT2D eigenvalue weighted by molar-refractivity contribution is 0.0701. The Morgan fingerprint density at radius 1 is 1.20 bits per heavy atom. The van der Waals surface area contributed by atoms with Crippen LogP contribution in [-0.2, 0) is 16.4 Å². The number of hydrogen-bond acceptors (Lipinski definition) is 6. The summed E-state index contributed by atoms with van der Waals surface area (Å²) in [5.41, 5.74) is -1.12. The highest BCUT2D eigenvalue weighted by atomic mass is 32.2. The number of rotatable bonds is 4. The Hall–Kier alpha value is -2.72. The minimum absolute atomic E-state index is 0.123. The summed E-state index contributed by atoms with van der Waals surface area (Å²) in [4.78, 5) is 35.4. The summed E-state index contributed by atoms with van der Waals surface area (Å²) in [7, 11) is -3.98. The quantitative estimate of drug-likeness (QED) is 0.711. The molecule has 0 saturated carbocycles. The molecule has 2 heterocycles. The number of fused-ring (bicyclic) bond motifs is 1. The van der Waals surface area contributed by atoms with E-state index in [0.717, 1.165) is 21.4 Å². The summed E-state index contributed by atoms with van der Waals surface area (Å²) in [5, 5.41) is 9.10. The molecule has 0 radical (unpaired) electrons. The number of hydrogen-bond donors (Lipinski definition) is 1. The van der Waals surface area contributed by atoms with Crippen LogP contribution in [0.3, 0.4) is 0 Å². The average molecular weight is 380 g/mol. The van der Waals surface area contributed by atoms with Crippen LogP contribution in [-0.4, -0.2) is 34.7 Å². The maximum atomic E-state index is 12.7. The molecule has 1 N–H and O–H groups in total. The highest BCUT2D eigenvalue weighted by molar-refractivity contribution is 7.91. The molecule has 0 atom stereocenters. The molecule has 0 saturated heterocycles. The molecule has 8 nitrogen and oxygen atoms in total. The van der Waals surface area contributed by atoms with E-state index in [1.165, 1.54) is 0 Å². The average Bonchev–Trinajstić information content (AvgIpc) is 2.96. The molecule has 0 fully saturated rings. The van der Waals surface area contributed by atoms with Crippen LogP contribution < -0.4 is 11.2 Å². The van der Waals surface area contributed by atoms with Crippen molar-refractivity contribution < 1.29 is 18.3 Å². The molecule has 0 unspecified atom stereocenters. The number of thiazole rings is 1. The van der Waals surface area contributed by atoms with Crippen LogP contribution in [0.2, 0.25) is 0 Å². The van der Waals surface area contributed by atoms with E-state index < -0.39 is 32.0 Å². The normalized spacial score (nSPS) is 11.7. The third kappa shape index (κ3) is 3.01. The topological polar surface area (TPSA) is 115 Å². The van der Waals surface area contributed by atoms with Gasteiger partial charge in [-0.05, 0) is 5.56 Å². The lowest BCUT2D eigenvalue weighted by Crippen LogP contribution is -2.40. The number of nitrogens with zero attached hydrogens (tertiary/aromatic N) is 2. The van der Waals surface area contributed by atoms with E-state index in [2.05, 4.69) is 0 Å². The smallest absolute Gasteiger partial charge is 0.347 e. The Kier molecular flexibility index (Phi) is 4.09. The highest BCUT2D eigenvalue weighted by Gasteiger charge is 2.25. The van der Waals surface area contributed by atoms with E-state index in [0.29, 0.717) is 16.9 Å². The molecule has 0 aliphatic carbocycles. The first kappa shape index (κ1) is 17.1. The fraction of sp³-hybridized carbons (Fsp3) is 0.133. The fourth-order valence-electron chi connectivity index (χ4n) is 2.41. The van der Waals surface area contributed by atoms with Gasteiger partial charge in [0.15, 0.2) is 14.7 Å². The van der Waals surface area contributed by atoms with Gasteiger partial charge in [-0.25, -0.2) is 18.0 Å². The molecule has 25 heavy (non-hydrogen) atoms. The van der Waals surface area contributed by atoms with Gasteiger partial charge in [-0.3, -0.25) is 13.8 Å². The molecule has 1 aromatic carbocycles. The second-order valence-corrected chi connectivity index (χ2v) is 8.32. The first-order valence-corrected chi connectivity index (χ1v) is 9.67. The zero-order valence-electron chi connectivity index (χ0n) is 12.9. The Balaban J connectivity index is 2.41. The predicted octanol–water partition coefficient (Wildman–Crippen LogP) is 0.673. The van der Waals surface area contributed by atoms with Crippen LogP contribution in [0.15, 0.2) is 51.0 Å². The van der Waals surface area contributed by atoms with Gasteiger partial charge in [-0.2, -0.15) is 0 Å². The van der Waals surface area contributed by atoms with Crippen LogP contribution in [0.25, 0.3) is 4.83 Å². The van der Waals surface area contributed by atoms with E-state index in [1.807, 2.05) is 0 Å². The van der Waals surface area contributed by atoms with Gasteiger partial charge >= 0.3 is 11.7 Å². The molecular formula is C15H12N2O6S2. The number of carboxylic acids is 1. The van der Waals surface area contributed by atoms with Gasteiger partial charge in [0.25, 0.3) is 5.56 Å². The number of carbonyl (C=O) groups is 1. The number of benzene rings is 1. The van der Waals surface area contributed by atoms with E-state index in [1.54, 1.807) is 30.3 Å². The Morgan fingerprint density at radius 3 is 2.40 bits per heavy atom. The van der Waals surface area contributed by atoms with Crippen molar-refractivity contribution in [2.45, 2.75) is 11.4 Å². The van der Waals surface area contributed by atoms with Crippen LogP contribution in [0.5, 0.6) is 0 Å². The summed E-state index contributed by atoms with van der Waals surface area (Å²) in [6, 6.07) is 8.60. The van der Waals surface area contributed by atoms with E-state index in [4.69, 9.17) is 5.11 Å². The summed E-state index contributed by atoms with van der Waals surface area (Å²) < 4.78 is 25.9. The molecule has 10 heteroatoms. The molecule has 0 spiro atoms. The standard InChI is InChI=1S/C15H12N2O6S2/c1-25(22,23)11-12(18)16(7-9-5-3-2-4-6-9)15(21)17-8-10(14(19)20)24-13(11)17/h2-6,8H,7H2,1H3,(H,19,20). The van der Waals surface area contributed by atoms with E-state index in [-0.39, 0.29) is 16.3 Å². The van der Waals surface area contributed by atoms with Crippen molar-refractivity contribution in [3.05, 3.63) is 67.8 Å². The van der Waals surface area contributed by atoms with Gasteiger partial charge in [0, 0.05) is 12.5 Å². The van der Waals surface area contributed by atoms with Gasteiger partial charge in [-0.1, -0.05) is 30.3 Å². The molecule has 2 aromatic heterocycles.